The molecule has 0 aromatic carbocycles. The molecule has 1 saturated heterocycles. The topological polar surface area (TPSA) is 94.1 Å². The predicted octanol–water partition coefficient (Wildman–Crippen LogP) is 0.637. The maximum atomic E-state index is 12.6. The molecule has 0 N–H and O–H groups in total. The average Bonchev–Trinajstić information content (AvgIpc) is 3.07. The van der Waals surface area contributed by atoms with E-state index in [0.717, 1.165) is 6.42 Å². The summed E-state index contributed by atoms with van der Waals surface area (Å²) < 4.78 is 33.2. The third-order valence-electron chi connectivity index (χ3n) is 3.30. The summed E-state index contributed by atoms with van der Waals surface area (Å²) in [6, 6.07) is -0.376. The van der Waals surface area contributed by atoms with Crippen LogP contribution in [0.15, 0.2) is 22.1 Å². The molecule has 0 aliphatic carbocycles. The highest BCUT2D eigenvalue weighted by Crippen LogP contribution is 2.34. The summed E-state index contributed by atoms with van der Waals surface area (Å²) in [5.74, 6) is 0.849. The Balaban J connectivity index is 1.96. The first-order valence-corrected chi connectivity index (χ1v) is 7.72. The average molecular weight is 297 g/mol. The molecule has 0 bridgehead atoms. The minimum atomic E-state index is -3.63. The summed E-state index contributed by atoms with van der Waals surface area (Å²) in [4.78, 5) is 8.08. The Bertz CT molecular complexity index is 720. The first kappa shape index (κ1) is 13.3. The molecular weight excluding hydrogens is 282 g/mol. The number of hydrogen-bond acceptors (Lipinski definition) is 6. The minimum Gasteiger partial charge on any atom is -0.340 e. The van der Waals surface area contributed by atoms with Crippen LogP contribution < -0.4 is 0 Å². The number of aromatic nitrogens is 4. The van der Waals surface area contributed by atoms with Crippen LogP contribution in [0.1, 0.15) is 30.6 Å². The molecule has 0 radical (unpaired) electrons. The molecule has 8 nitrogen and oxygen atoms in total. The quantitative estimate of drug-likeness (QED) is 0.825. The van der Waals surface area contributed by atoms with Crippen LogP contribution in [-0.2, 0) is 17.1 Å². The maximum Gasteiger partial charge on any atom is 0.262 e. The van der Waals surface area contributed by atoms with Crippen molar-refractivity contribution in [1.29, 1.82) is 0 Å². The lowest BCUT2D eigenvalue weighted by atomic mass is 10.2. The van der Waals surface area contributed by atoms with Gasteiger partial charge in [-0.3, -0.25) is 0 Å². The first-order chi connectivity index (χ1) is 9.48. The highest BCUT2D eigenvalue weighted by Gasteiger charge is 2.39. The molecule has 0 amide bonds. The van der Waals surface area contributed by atoms with Crippen LogP contribution >= 0.6 is 0 Å². The van der Waals surface area contributed by atoms with Gasteiger partial charge in [-0.1, -0.05) is 5.16 Å². The van der Waals surface area contributed by atoms with Gasteiger partial charge >= 0.3 is 0 Å². The normalized spacial score (nSPS) is 20.6. The lowest BCUT2D eigenvalue weighted by Gasteiger charge is -2.20. The summed E-state index contributed by atoms with van der Waals surface area (Å²) in [5.41, 5.74) is 0. The Morgan fingerprint density at radius 2 is 2.25 bits per heavy atom. The van der Waals surface area contributed by atoms with Crippen molar-refractivity contribution < 1.29 is 12.9 Å². The van der Waals surface area contributed by atoms with Crippen LogP contribution in [0.25, 0.3) is 0 Å². The predicted molar refractivity (Wildman–Crippen MR) is 68.1 cm³/mol. The van der Waals surface area contributed by atoms with Gasteiger partial charge in [0, 0.05) is 26.7 Å². The monoisotopic (exact) mass is 297 g/mol. The van der Waals surface area contributed by atoms with E-state index in [2.05, 4.69) is 15.1 Å². The summed E-state index contributed by atoms with van der Waals surface area (Å²) in [7, 11) is -1.89. The molecule has 0 saturated carbocycles. The van der Waals surface area contributed by atoms with Crippen LogP contribution in [-0.4, -0.2) is 39.0 Å². The SMILES string of the molecule is Cc1nc(C2CCCN2S(=O)(=O)c2cn(C)cn2)no1. The number of rotatable bonds is 3. The van der Waals surface area contributed by atoms with Gasteiger partial charge in [0.2, 0.25) is 5.89 Å². The zero-order valence-corrected chi connectivity index (χ0v) is 12.0. The third kappa shape index (κ3) is 2.12. The summed E-state index contributed by atoms with van der Waals surface area (Å²) in [6.07, 6.45) is 4.41. The molecule has 3 heterocycles. The molecule has 9 heteroatoms. The molecule has 1 aliphatic rings. The summed E-state index contributed by atoms with van der Waals surface area (Å²) >= 11 is 0. The fourth-order valence-electron chi connectivity index (χ4n) is 2.38. The largest absolute Gasteiger partial charge is 0.340 e. The highest BCUT2D eigenvalue weighted by atomic mass is 32.2. The Kier molecular flexibility index (Phi) is 3.09. The standard InChI is InChI=1S/C11H15N5O3S/c1-8-13-11(14-19-8)9-4-3-5-16(9)20(17,18)10-6-15(2)7-12-10/h6-7,9H,3-5H2,1-2H3. The molecule has 20 heavy (non-hydrogen) atoms. The van der Waals surface area contributed by atoms with E-state index in [1.165, 1.54) is 16.8 Å². The van der Waals surface area contributed by atoms with Gasteiger partial charge in [0.25, 0.3) is 10.0 Å². The van der Waals surface area contributed by atoms with Crippen molar-refractivity contribution in [2.45, 2.75) is 30.8 Å². The molecule has 108 valence electrons. The van der Waals surface area contributed by atoms with E-state index in [4.69, 9.17) is 4.52 Å². The molecule has 1 fully saturated rings. The van der Waals surface area contributed by atoms with E-state index in [0.29, 0.717) is 24.7 Å². The molecular formula is C11H15N5O3S. The van der Waals surface area contributed by atoms with Crippen molar-refractivity contribution in [3.63, 3.8) is 0 Å². The van der Waals surface area contributed by atoms with E-state index >= 15 is 0 Å². The van der Waals surface area contributed by atoms with Crippen molar-refractivity contribution in [2.75, 3.05) is 6.54 Å². The second-order valence-corrected chi connectivity index (χ2v) is 6.66. The molecule has 1 unspecified atom stereocenters. The highest BCUT2D eigenvalue weighted by molar-refractivity contribution is 7.89. The van der Waals surface area contributed by atoms with Gasteiger partial charge in [-0.05, 0) is 12.8 Å². The molecule has 2 aromatic heterocycles. The number of sulfonamides is 1. The Hall–Kier alpha value is -1.74. The third-order valence-corrected chi connectivity index (χ3v) is 5.09. The van der Waals surface area contributed by atoms with Crippen molar-refractivity contribution in [3.8, 4) is 0 Å². The van der Waals surface area contributed by atoms with E-state index in [9.17, 15) is 8.42 Å². The van der Waals surface area contributed by atoms with Gasteiger partial charge in [-0.2, -0.15) is 9.29 Å². The van der Waals surface area contributed by atoms with Gasteiger partial charge in [-0.15, -0.1) is 0 Å². The van der Waals surface area contributed by atoms with Gasteiger partial charge in [-0.25, -0.2) is 13.4 Å². The molecule has 3 rings (SSSR count). The molecule has 1 atom stereocenters. The van der Waals surface area contributed by atoms with Crippen molar-refractivity contribution in [2.24, 2.45) is 7.05 Å². The van der Waals surface area contributed by atoms with Crippen molar-refractivity contribution in [1.82, 2.24) is 24.0 Å². The number of aryl methyl sites for hydroxylation is 2. The van der Waals surface area contributed by atoms with Crippen LogP contribution in [0.3, 0.4) is 0 Å². The summed E-state index contributed by atoms with van der Waals surface area (Å²) in [5, 5.41) is 3.89. The van der Waals surface area contributed by atoms with Crippen LogP contribution in [0.2, 0.25) is 0 Å². The van der Waals surface area contributed by atoms with E-state index in [-0.39, 0.29) is 11.1 Å². The van der Waals surface area contributed by atoms with E-state index in [1.54, 1.807) is 18.5 Å². The Morgan fingerprint density at radius 3 is 2.85 bits per heavy atom. The number of nitrogens with zero attached hydrogens (tertiary/aromatic N) is 5. The lowest BCUT2D eigenvalue weighted by Crippen LogP contribution is -2.31. The van der Waals surface area contributed by atoms with Crippen LogP contribution in [0, 0.1) is 6.92 Å². The van der Waals surface area contributed by atoms with Gasteiger partial charge in [0.1, 0.15) is 0 Å². The lowest BCUT2D eigenvalue weighted by molar-refractivity contribution is 0.348. The Morgan fingerprint density at radius 1 is 1.45 bits per heavy atom. The number of hydrogen-bond donors (Lipinski definition) is 0. The van der Waals surface area contributed by atoms with Crippen LogP contribution in [0.4, 0.5) is 0 Å². The fraction of sp³-hybridized carbons (Fsp3) is 0.545. The first-order valence-electron chi connectivity index (χ1n) is 6.28. The van der Waals surface area contributed by atoms with Gasteiger partial charge in [0.05, 0.1) is 12.4 Å². The zero-order chi connectivity index (χ0) is 14.3. The molecule has 0 spiro atoms. The second-order valence-electron chi connectivity index (χ2n) is 4.82. The van der Waals surface area contributed by atoms with Gasteiger partial charge in [0.15, 0.2) is 10.9 Å². The minimum absolute atomic E-state index is 0.0483. The van der Waals surface area contributed by atoms with Crippen molar-refractivity contribution >= 4 is 10.0 Å². The summed E-state index contributed by atoms with van der Waals surface area (Å²) in [6.45, 7) is 2.13. The second kappa shape index (κ2) is 4.67. The van der Waals surface area contributed by atoms with E-state index < -0.39 is 10.0 Å². The molecule has 1 aliphatic heterocycles. The van der Waals surface area contributed by atoms with Crippen molar-refractivity contribution in [3.05, 3.63) is 24.2 Å². The number of imidazole rings is 1. The van der Waals surface area contributed by atoms with E-state index in [1.807, 2.05) is 0 Å². The Labute approximate surface area is 116 Å². The smallest absolute Gasteiger partial charge is 0.262 e. The molecule has 2 aromatic rings. The van der Waals surface area contributed by atoms with Gasteiger partial charge < -0.3 is 9.09 Å². The fourth-order valence-corrected chi connectivity index (χ4v) is 4.00. The van der Waals surface area contributed by atoms with Crippen LogP contribution in [0.5, 0.6) is 0 Å². The maximum absolute atomic E-state index is 12.6. The zero-order valence-electron chi connectivity index (χ0n) is 11.2.